The van der Waals surface area contributed by atoms with Crippen molar-refractivity contribution in [3.05, 3.63) is 24.3 Å². The molecular formula is C17H26N2O4. The van der Waals surface area contributed by atoms with Crippen LogP contribution in [0.3, 0.4) is 0 Å². The highest BCUT2D eigenvalue weighted by Crippen LogP contribution is 2.19. The molecule has 1 rings (SSSR count). The predicted molar refractivity (Wildman–Crippen MR) is 89.1 cm³/mol. The average molecular weight is 322 g/mol. The van der Waals surface area contributed by atoms with Crippen molar-refractivity contribution in [2.24, 2.45) is 0 Å². The molecule has 0 aliphatic carbocycles. The second-order valence-corrected chi connectivity index (χ2v) is 5.02. The summed E-state index contributed by atoms with van der Waals surface area (Å²) in [6.45, 7) is 5.41. The van der Waals surface area contributed by atoms with Crippen molar-refractivity contribution < 1.29 is 19.1 Å². The highest BCUT2D eigenvalue weighted by molar-refractivity contribution is 5.77. The first-order valence-electron chi connectivity index (χ1n) is 7.99. The lowest BCUT2D eigenvalue weighted by molar-refractivity contribution is -0.144. The largest absolute Gasteiger partial charge is 0.491 e. The summed E-state index contributed by atoms with van der Waals surface area (Å²) < 4.78 is 10.4. The number of ether oxygens (including phenoxy) is 2. The van der Waals surface area contributed by atoms with Crippen LogP contribution in [0.4, 0.5) is 5.69 Å². The lowest BCUT2D eigenvalue weighted by Gasteiger charge is -2.20. The van der Waals surface area contributed by atoms with Gasteiger partial charge in [-0.2, -0.15) is 0 Å². The van der Waals surface area contributed by atoms with Crippen LogP contribution in [0.25, 0.3) is 0 Å². The number of rotatable bonds is 10. The fourth-order valence-corrected chi connectivity index (χ4v) is 2.09. The molecule has 6 nitrogen and oxygen atoms in total. The van der Waals surface area contributed by atoms with E-state index in [0.29, 0.717) is 50.6 Å². The molecule has 0 aromatic heterocycles. The quantitative estimate of drug-likeness (QED) is 0.406. The van der Waals surface area contributed by atoms with E-state index in [1.54, 1.807) is 24.0 Å². The SMILES string of the molecule is CCOC(=O)CCN(CC)C(=O)CCCOc1ccccc1N. The summed E-state index contributed by atoms with van der Waals surface area (Å²) in [7, 11) is 0. The zero-order valence-corrected chi connectivity index (χ0v) is 13.9. The molecule has 0 aliphatic rings. The van der Waals surface area contributed by atoms with Crippen LogP contribution in [0.2, 0.25) is 0 Å². The number of para-hydroxylation sites is 2. The number of esters is 1. The first-order chi connectivity index (χ1) is 11.1. The second kappa shape index (κ2) is 10.5. The average Bonchev–Trinajstić information content (AvgIpc) is 2.54. The Hall–Kier alpha value is -2.24. The van der Waals surface area contributed by atoms with Gasteiger partial charge in [-0.15, -0.1) is 0 Å². The molecule has 0 bridgehead atoms. The Balaban J connectivity index is 2.28. The van der Waals surface area contributed by atoms with Crippen LogP contribution in [0.1, 0.15) is 33.1 Å². The van der Waals surface area contributed by atoms with E-state index in [0.717, 1.165) is 0 Å². The molecule has 1 aromatic carbocycles. The van der Waals surface area contributed by atoms with Gasteiger partial charge in [0, 0.05) is 19.5 Å². The molecule has 0 aliphatic heterocycles. The molecule has 1 amide bonds. The number of anilines is 1. The number of carbonyl (C=O) groups is 2. The van der Waals surface area contributed by atoms with Gasteiger partial charge in [-0.25, -0.2) is 0 Å². The molecule has 0 unspecified atom stereocenters. The topological polar surface area (TPSA) is 81.9 Å². The van der Waals surface area contributed by atoms with Crippen LogP contribution < -0.4 is 10.5 Å². The molecule has 23 heavy (non-hydrogen) atoms. The third-order valence-electron chi connectivity index (χ3n) is 3.34. The summed E-state index contributed by atoms with van der Waals surface area (Å²) in [4.78, 5) is 25.1. The third-order valence-corrected chi connectivity index (χ3v) is 3.34. The monoisotopic (exact) mass is 322 g/mol. The van der Waals surface area contributed by atoms with Crippen LogP contribution in [-0.4, -0.2) is 43.1 Å². The highest BCUT2D eigenvalue weighted by atomic mass is 16.5. The standard InChI is InChI=1S/C17H26N2O4/c1-3-19(12-11-17(21)22-4-2)16(20)10-7-13-23-15-9-6-5-8-14(15)18/h5-6,8-9H,3-4,7,10-13,18H2,1-2H3. The van der Waals surface area contributed by atoms with Gasteiger partial charge in [0.2, 0.25) is 5.91 Å². The lowest BCUT2D eigenvalue weighted by atomic mass is 10.2. The third kappa shape index (κ3) is 7.04. The number of nitrogens with two attached hydrogens (primary N) is 1. The molecule has 0 saturated heterocycles. The number of carbonyl (C=O) groups excluding carboxylic acids is 2. The van der Waals surface area contributed by atoms with Crippen molar-refractivity contribution in [3.63, 3.8) is 0 Å². The van der Waals surface area contributed by atoms with E-state index >= 15 is 0 Å². The zero-order valence-electron chi connectivity index (χ0n) is 13.9. The maximum Gasteiger partial charge on any atom is 0.307 e. The van der Waals surface area contributed by atoms with Gasteiger partial charge in [0.05, 0.1) is 25.3 Å². The zero-order chi connectivity index (χ0) is 17.1. The molecule has 0 atom stereocenters. The van der Waals surface area contributed by atoms with Gasteiger partial charge in [0.1, 0.15) is 5.75 Å². The fourth-order valence-electron chi connectivity index (χ4n) is 2.09. The minimum absolute atomic E-state index is 0.0152. The maximum atomic E-state index is 12.1. The first kappa shape index (κ1) is 18.8. The number of nitrogen functional groups attached to an aromatic ring is 1. The fraction of sp³-hybridized carbons (Fsp3) is 0.529. The molecule has 128 valence electrons. The first-order valence-corrected chi connectivity index (χ1v) is 7.99. The maximum absolute atomic E-state index is 12.1. The van der Waals surface area contributed by atoms with Crippen molar-refractivity contribution in [2.75, 3.05) is 32.0 Å². The summed E-state index contributed by atoms with van der Waals surface area (Å²) in [6, 6.07) is 7.27. The molecule has 0 fully saturated rings. The molecule has 0 saturated carbocycles. The van der Waals surface area contributed by atoms with Crippen molar-refractivity contribution in [1.82, 2.24) is 4.90 Å². The van der Waals surface area contributed by atoms with Gasteiger partial charge in [0.25, 0.3) is 0 Å². The van der Waals surface area contributed by atoms with Gasteiger partial charge in [0.15, 0.2) is 0 Å². The predicted octanol–water partition coefficient (Wildman–Crippen LogP) is 2.23. The molecular weight excluding hydrogens is 296 g/mol. The van der Waals surface area contributed by atoms with Crippen LogP contribution in [0.5, 0.6) is 5.75 Å². The van der Waals surface area contributed by atoms with E-state index in [1.807, 2.05) is 19.1 Å². The van der Waals surface area contributed by atoms with Gasteiger partial charge in [-0.05, 0) is 32.4 Å². The minimum Gasteiger partial charge on any atom is -0.491 e. The van der Waals surface area contributed by atoms with E-state index in [4.69, 9.17) is 15.2 Å². The minimum atomic E-state index is -0.276. The van der Waals surface area contributed by atoms with E-state index < -0.39 is 0 Å². The molecule has 1 aromatic rings. The van der Waals surface area contributed by atoms with E-state index in [2.05, 4.69) is 0 Å². The van der Waals surface area contributed by atoms with E-state index in [1.165, 1.54) is 0 Å². The van der Waals surface area contributed by atoms with Crippen LogP contribution in [0, 0.1) is 0 Å². The number of benzene rings is 1. The number of hydrogen-bond acceptors (Lipinski definition) is 5. The van der Waals surface area contributed by atoms with Gasteiger partial charge >= 0.3 is 5.97 Å². The molecule has 0 radical (unpaired) electrons. The Kier molecular flexibility index (Phi) is 8.57. The lowest BCUT2D eigenvalue weighted by Crippen LogP contribution is -2.33. The van der Waals surface area contributed by atoms with Gasteiger partial charge in [-0.3, -0.25) is 9.59 Å². The Bertz CT molecular complexity index is 505. The van der Waals surface area contributed by atoms with Crippen molar-refractivity contribution in [2.45, 2.75) is 33.1 Å². The summed E-state index contributed by atoms with van der Waals surface area (Å²) in [5, 5.41) is 0. The van der Waals surface area contributed by atoms with Crippen LogP contribution >= 0.6 is 0 Å². The molecule has 0 spiro atoms. The molecule has 6 heteroatoms. The Morgan fingerprint density at radius 1 is 1.17 bits per heavy atom. The molecule has 2 N–H and O–H groups in total. The number of hydrogen-bond donors (Lipinski definition) is 1. The summed E-state index contributed by atoms with van der Waals surface area (Å²) in [5.41, 5.74) is 6.37. The summed E-state index contributed by atoms with van der Waals surface area (Å²) >= 11 is 0. The summed E-state index contributed by atoms with van der Waals surface area (Å²) in [5.74, 6) is 0.373. The van der Waals surface area contributed by atoms with Gasteiger partial charge < -0.3 is 20.1 Å². The van der Waals surface area contributed by atoms with Crippen molar-refractivity contribution in [1.29, 1.82) is 0 Å². The second-order valence-electron chi connectivity index (χ2n) is 5.02. The van der Waals surface area contributed by atoms with Crippen molar-refractivity contribution in [3.8, 4) is 5.75 Å². The van der Waals surface area contributed by atoms with Crippen molar-refractivity contribution >= 4 is 17.6 Å². The number of amides is 1. The Labute approximate surface area is 137 Å². The summed E-state index contributed by atoms with van der Waals surface area (Å²) in [6.07, 6.45) is 1.21. The van der Waals surface area contributed by atoms with Crippen LogP contribution in [0.15, 0.2) is 24.3 Å². The van der Waals surface area contributed by atoms with E-state index in [-0.39, 0.29) is 18.3 Å². The smallest absolute Gasteiger partial charge is 0.307 e. The Morgan fingerprint density at radius 3 is 2.57 bits per heavy atom. The highest BCUT2D eigenvalue weighted by Gasteiger charge is 2.13. The number of nitrogens with zero attached hydrogens (tertiary/aromatic N) is 1. The molecule has 0 heterocycles. The van der Waals surface area contributed by atoms with Gasteiger partial charge in [-0.1, -0.05) is 12.1 Å². The van der Waals surface area contributed by atoms with E-state index in [9.17, 15) is 9.59 Å². The Morgan fingerprint density at radius 2 is 1.91 bits per heavy atom. The normalized spacial score (nSPS) is 10.2. The van der Waals surface area contributed by atoms with Crippen LogP contribution in [-0.2, 0) is 14.3 Å².